The summed E-state index contributed by atoms with van der Waals surface area (Å²) in [4.78, 5) is 26.5. The third kappa shape index (κ3) is 7.58. The number of amides is 1. The molecule has 0 saturated heterocycles. The normalized spacial score (nSPS) is 18.6. The lowest BCUT2D eigenvalue weighted by Gasteiger charge is -2.35. The molecule has 0 aliphatic heterocycles. The molecule has 2 aromatic rings. The maximum absolute atomic E-state index is 12.8. The molecule has 5 nitrogen and oxygen atoms in total. The summed E-state index contributed by atoms with van der Waals surface area (Å²) in [5.74, 6) is 0.331. The van der Waals surface area contributed by atoms with E-state index in [0.717, 1.165) is 31.2 Å². The Morgan fingerprint density at radius 2 is 1.61 bits per heavy atom. The minimum atomic E-state index is -0.461. The summed E-state index contributed by atoms with van der Waals surface area (Å²) < 4.78 is 5.31. The van der Waals surface area contributed by atoms with Gasteiger partial charge in [-0.3, -0.25) is 9.59 Å². The van der Waals surface area contributed by atoms with E-state index in [1.165, 1.54) is 5.56 Å². The summed E-state index contributed by atoms with van der Waals surface area (Å²) in [5, 5.41) is 3.79. The van der Waals surface area contributed by atoms with Gasteiger partial charge in [0.25, 0.3) is 5.91 Å². The number of ether oxygens (including phenoxy) is 1. The number of nitrogens with one attached hydrogen (secondary N) is 1. The lowest BCUT2D eigenvalue weighted by atomic mass is 9.81. The monoisotopic (exact) mass is 470 g/mol. The molecule has 0 bridgehead atoms. The zero-order valence-electron chi connectivity index (χ0n) is 20.1. The number of carbonyl (C=O) groups is 2. The van der Waals surface area contributed by atoms with Gasteiger partial charge in [0.15, 0.2) is 0 Å². The molecule has 0 radical (unpaired) electrons. The summed E-state index contributed by atoms with van der Waals surface area (Å²) in [7, 11) is 1.90. The number of esters is 1. The largest absolute Gasteiger partial charge is 0.459 e. The highest BCUT2D eigenvalue weighted by Crippen LogP contribution is 2.35. The number of halogens is 1. The molecule has 3 rings (SSSR count). The molecule has 0 spiro atoms. The summed E-state index contributed by atoms with van der Waals surface area (Å²) in [6.45, 7) is 6.43. The van der Waals surface area contributed by atoms with Gasteiger partial charge in [0.1, 0.15) is 5.60 Å². The van der Waals surface area contributed by atoms with Gasteiger partial charge in [0.05, 0.1) is 6.54 Å². The van der Waals surface area contributed by atoms with E-state index in [9.17, 15) is 9.59 Å². The van der Waals surface area contributed by atoms with Crippen LogP contribution in [-0.2, 0) is 16.1 Å². The molecule has 2 aromatic carbocycles. The van der Waals surface area contributed by atoms with E-state index in [1.807, 2.05) is 32.7 Å². The average Bonchev–Trinajstić information content (AvgIpc) is 2.78. The third-order valence-corrected chi connectivity index (χ3v) is 6.38. The molecular formula is C27H35ClN2O3. The number of carbonyl (C=O) groups excluding carboxylic acids is 2. The first-order valence-electron chi connectivity index (χ1n) is 11.7. The second-order valence-corrected chi connectivity index (χ2v) is 10.3. The average molecular weight is 471 g/mol. The first-order chi connectivity index (χ1) is 15.6. The molecule has 0 unspecified atom stereocenters. The van der Waals surface area contributed by atoms with E-state index in [0.29, 0.717) is 23.0 Å². The van der Waals surface area contributed by atoms with Gasteiger partial charge in [0.2, 0.25) is 0 Å². The highest BCUT2D eigenvalue weighted by atomic mass is 35.5. The second kappa shape index (κ2) is 11.2. The molecule has 6 heteroatoms. The zero-order chi connectivity index (χ0) is 24.0. The van der Waals surface area contributed by atoms with Crippen LogP contribution in [0.25, 0.3) is 0 Å². The highest BCUT2D eigenvalue weighted by molar-refractivity contribution is 6.30. The minimum Gasteiger partial charge on any atom is -0.459 e. The molecule has 0 atom stereocenters. The van der Waals surface area contributed by atoms with Crippen molar-refractivity contribution < 1.29 is 14.3 Å². The Kier molecular flexibility index (Phi) is 8.55. The van der Waals surface area contributed by atoms with Crippen LogP contribution < -0.4 is 5.32 Å². The van der Waals surface area contributed by atoms with Crippen molar-refractivity contribution >= 4 is 23.5 Å². The van der Waals surface area contributed by atoms with Gasteiger partial charge >= 0.3 is 5.97 Å². The molecule has 1 amide bonds. The van der Waals surface area contributed by atoms with Gasteiger partial charge in [-0.2, -0.15) is 0 Å². The van der Waals surface area contributed by atoms with Crippen molar-refractivity contribution in [2.75, 3.05) is 13.6 Å². The minimum absolute atomic E-state index is 0.0540. The van der Waals surface area contributed by atoms with E-state index in [-0.39, 0.29) is 24.5 Å². The zero-order valence-corrected chi connectivity index (χ0v) is 20.8. The Bertz CT molecular complexity index is 927. The summed E-state index contributed by atoms with van der Waals surface area (Å²) >= 11 is 5.94. The van der Waals surface area contributed by atoms with Crippen molar-refractivity contribution in [3.05, 3.63) is 70.2 Å². The van der Waals surface area contributed by atoms with Crippen molar-refractivity contribution in [3.63, 3.8) is 0 Å². The SMILES string of the molecule is CN(C(=O)c1ccc(Cl)cc1)[C@H]1CC[C@H](c2ccc(CNCC(=O)OC(C)(C)C)cc2)CC1. The fourth-order valence-corrected chi connectivity index (χ4v) is 4.48. The Morgan fingerprint density at radius 3 is 2.18 bits per heavy atom. The number of rotatable bonds is 7. The first-order valence-corrected chi connectivity index (χ1v) is 12.0. The molecule has 0 heterocycles. The van der Waals surface area contributed by atoms with Crippen molar-refractivity contribution in [1.29, 1.82) is 0 Å². The maximum Gasteiger partial charge on any atom is 0.320 e. The number of hydrogen-bond acceptors (Lipinski definition) is 4. The van der Waals surface area contributed by atoms with E-state index in [2.05, 4.69) is 29.6 Å². The quantitative estimate of drug-likeness (QED) is 0.537. The third-order valence-electron chi connectivity index (χ3n) is 6.13. The Labute approximate surface area is 202 Å². The van der Waals surface area contributed by atoms with Crippen molar-refractivity contribution in [2.24, 2.45) is 0 Å². The van der Waals surface area contributed by atoms with Gasteiger partial charge in [0, 0.05) is 30.2 Å². The Morgan fingerprint density at radius 1 is 1.00 bits per heavy atom. The molecule has 1 saturated carbocycles. The number of hydrogen-bond donors (Lipinski definition) is 1. The molecule has 1 aliphatic carbocycles. The molecule has 1 fully saturated rings. The van der Waals surface area contributed by atoms with Gasteiger partial charge in [-0.05, 0) is 87.8 Å². The predicted octanol–water partition coefficient (Wildman–Crippen LogP) is 5.57. The van der Waals surface area contributed by atoms with Crippen LogP contribution >= 0.6 is 11.6 Å². The lowest BCUT2D eigenvalue weighted by Crippen LogP contribution is -2.39. The van der Waals surface area contributed by atoms with Gasteiger partial charge in [-0.25, -0.2) is 0 Å². The van der Waals surface area contributed by atoms with E-state index >= 15 is 0 Å². The van der Waals surface area contributed by atoms with Crippen LogP contribution in [0.1, 0.15) is 73.9 Å². The molecule has 0 aromatic heterocycles. The smallest absolute Gasteiger partial charge is 0.320 e. The first kappa shape index (κ1) is 25.3. The molecule has 178 valence electrons. The second-order valence-electron chi connectivity index (χ2n) is 9.86. The standard InChI is InChI=1S/C27H35ClN2O3/c1-27(2,3)33-25(31)18-29-17-19-5-7-20(8-6-19)21-11-15-24(16-12-21)30(4)26(32)22-9-13-23(28)14-10-22/h5-10,13-14,21,24,29H,11-12,15-18H2,1-4H3/t21-,24-. The summed E-state index contributed by atoms with van der Waals surface area (Å²) in [6, 6.07) is 16.0. The summed E-state index contributed by atoms with van der Waals surface area (Å²) in [6.07, 6.45) is 4.14. The fourth-order valence-electron chi connectivity index (χ4n) is 4.35. The number of nitrogens with zero attached hydrogens (tertiary/aromatic N) is 1. The van der Waals surface area contributed by atoms with Crippen LogP contribution in [0, 0.1) is 0 Å². The van der Waals surface area contributed by atoms with E-state index in [1.54, 1.807) is 24.3 Å². The van der Waals surface area contributed by atoms with E-state index in [4.69, 9.17) is 16.3 Å². The van der Waals surface area contributed by atoms with Crippen LogP contribution in [0.3, 0.4) is 0 Å². The van der Waals surface area contributed by atoms with Gasteiger partial charge in [-0.1, -0.05) is 35.9 Å². The summed E-state index contributed by atoms with van der Waals surface area (Å²) in [5.41, 5.74) is 2.71. The Balaban J connectivity index is 1.45. The molecule has 1 aliphatic rings. The van der Waals surface area contributed by atoms with Crippen molar-refractivity contribution in [2.45, 2.75) is 70.6 Å². The molecule has 33 heavy (non-hydrogen) atoms. The van der Waals surface area contributed by atoms with E-state index < -0.39 is 5.60 Å². The number of benzene rings is 2. The van der Waals surface area contributed by atoms with Crippen LogP contribution in [0.4, 0.5) is 0 Å². The van der Waals surface area contributed by atoms with Crippen LogP contribution in [-0.4, -0.2) is 42.0 Å². The van der Waals surface area contributed by atoms with Crippen LogP contribution in [0.2, 0.25) is 5.02 Å². The lowest BCUT2D eigenvalue weighted by molar-refractivity contribution is -0.153. The van der Waals surface area contributed by atoms with Crippen LogP contribution in [0.5, 0.6) is 0 Å². The van der Waals surface area contributed by atoms with Gasteiger partial charge in [-0.15, -0.1) is 0 Å². The molecule has 1 N–H and O–H groups in total. The molecular weight excluding hydrogens is 436 g/mol. The Hall–Kier alpha value is -2.37. The highest BCUT2D eigenvalue weighted by Gasteiger charge is 2.27. The maximum atomic E-state index is 12.8. The predicted molar refractivity (Wildman–Crippen MR) is 133 cm³/mol. The van der Waals surface area contributed by atoms with Gasteiger partial charge < -0.3 is 15.0 Å². The van der Waals surface area contributed by atoms with Crippen molar-refractivity contribution in [1.82, 2.24) is 10.2 Å². The van der Waals surface area contributed by atoms with Crippen LogP contribution in [0.15, 0.2) is 48.5 Å². The van der Waals surface area contributed by atoms with Crippen molar-refractivity contribution in [3.8, 4) is 0 Å². The fraction of sp³-hybridized carbons (Fsp3) is 0.481. The topological polar surface area (TPSA) is 58.6 Å².